The highest BCUT2D eigenvalue weighted by Crippen LogP contribution is 2.29. The largest absolute Gasteiger partial charge is 0.461 e. The van der Waals surface area contributed by atoms with Gasteiger partial charge in [-0.25, -0.2) is 0 Å². The van der Waals surface area contributed by atoms with Crippen LogP contribution in [0.5, 0.6) is 0 Å². The van der Waals surface area contributed by atoms with E-state index in [1.54, 1.807) is 0 Å². The number of para-hydroxylation sites is 1. The van der Waals surface area contributed by atoms with Crippen molar-refractivity contribution >= 4 is 16.9 Å². The molecule has 1 aromatic carbocycles. The van der Waals surface area contributed by atoms with Crippen molar-refractivity contribution in [1.29, 1.82) is 0 Å². The van der Waals surface area contributed by atoms with E-state index in [1.165, 1.54) is 5.56 Å². The van der Waals surface area contributed by atoms with Crippen molar-refractivity contribution in [2.45, 2.75) is 32.7 Å². The highest BCUT2D eigenvalue weighted by Gasteiger charge is 2.26. The van der Waals surface area contributed by atoms with Gasteiger partial charge in [-0.3, -0.25) is 9.69 Å². The fourth-order valence-corrected chi connectivity index (χ4v) is 3.38. The summed E-state index contributed by atoms with van der Waals surface area (Å²) in [6, 6.07) is 8.02. The topological polar surface area (TPSA) is 45.5 Å². The summed E-state index contributed by atoms with van der Waals surface area (Å²) in [5, 5.41) is 3.46. The van der Waals surface area contributed by atoms with Gasteiger partial charge in [-0.05, 0) is 24.9 Å². The van der Waals surface area contributed by atoms with Crippen molar-refractivity contribution in [2.24, 2.45) is 5.92 Å². The lowest BCUT2D eigenvalue weighted by Gasteiger charge is -2.16. The van der Waals surface area contributed by atoms with Gasteiger partial charge in [-0.2, -0.15) is 8.78 Å². The van der Waals surface area contributed by atoms with E-state index in [9.17, 15) is 13.6 Å². The molecule has 0 saturated carbocycles. The third-order valence-corrected chi connectivity index (χ3v) is 4.62. The number of alkyl halides is 2. The minimum Gasteiger partial charge on any atom is -0.461 e. The maximum absolute atomic E-state index is 12.2. The van der Waals surface area contributed by atoms with E-state index >= 15 is 0 Å². The number of nitrogens with one attached hydrogen (secondary N) is 1. The van der Waals surface area contributed by atoms with Gasteiger partial charge in [-0.1, -0.05) is 25.1 Å². The number of rotatable bonds is 6. The molecule has 1 amide bonds. The lowest BCUT2D eigenvalue weighted by atomic mass is 10.1. The van der Waals surface area contributed by atoms with Crippen molar-refractivity contribution in [3.05, 3.63) is 35.6 Å². The SMILES string of the molecule is CCc1oc2ccccc2c1CN1CC[C@H](CNC(=O)C(F)F)C1. The zero-order valence-corrected chi connectivity index (χ0v) is 13.7. The van der Waals surface area contributed by atoms with Crippen molar-refractivity contribution in [3.63, 3.8) is 0 Å². The Morgan fingerprint density at radius 2 is 2.21 bits per heavy atom. The summed E-state index contributed by atoms with van der Waals surface area (Å²) >= 11 is 0. The van der Waals surface area contributed by atoms with E-state index in [0.29, 0.717) is 6.54 Å². The molecule has 0 aliphatic carbocycles. The molecular formula is C18H22F2N2O2. The first-order valence-electron chi connectivity index (χ1n) is 8.36. The number of nitrogens with zero attached hydrogens (tertiary/aromatic N) is 1. The first-order valence-corrected chi connectivity index (χ1v) is 8.36. The number of carbonyl (C=O) groups excluding carboxylic acids is 1. The van der Waals surface area contributed by atoms with Crippen LogP contribution in [-0.2, 0) is 17.8 Å². The van der Waals surface area contributed by atoms with Gasteiger partial charge >= 0.3 is 6.43 Å². The predicted molar refractivity (Wildman–Crippen MR) is 88.0 cm³/mol. The Kier molecular flexibility index (Phi) is 5.14. The number of fused-ring (bicyclic) bond motifs is 1. The fraction of sp³-hybridized carbons (Fsp3) is 0.500. The molecule has 0 unspecified atom stereocenters. The molecule has 1 N–H and O–H groups in total. The number of amides is 1. The van der Waals surface area contributed by atoms with E-state index < -0.39 is 12.3 Å². The third-order valence-electron chi connectivity index (χ3n) is 4.62. The molecule has 4 nitrogen and oxygen atoms in total. The molecule has 1 atom stereocenters. The van der Waals surface area contributed by atoms with Crippen LogP contribution in [0, 0.1) is 5.92 Å². The molecule has 3 rings (SSSR count). The van der Waals surface area contributed by atoms with Crippen LogP contribution in [0.1, 0.15) is 24.7 Å². The van der Waals surface area contributed by atoms with E-state index in [-0.39, 0.29) is 5.92 Å². The molecule has 1 aliphatic heterocycles. The van der Waals surface area contributed by atoms with Gasteiger partial charge in [0, 0.05) is 37.0 Å². The Morgan fingerprint density at radius 3 is 2.96 bits per heavy atom. The Hall–Kier alpha value is -1.95. The summed E-state index contributed by atoms with van der Waals surface area (Å²) in [6.07, 6.45) is -1.20. The quantitative estimate of drug-likeness (QED) is 0.881. The zero-order valence-electron chi connectivity index (χ0n) is 13.7. The van der Waals surface area contributed by atoms with Gasteiger partial charge in [0.25, 0.3) is 5.91 Å². The Morgan fingerprint density at radius 1 is 1.42 bits per heavy atom. The number of aryl methyl sites for hydroxylation is 1. The van der Waals surface area contributed by atoms with Crippen LogP contribution >= 0.6 is 0 Å². The van der Waals surface area contributed by atoms with Crippen molar-refractivity contribution in [1.82, 2.24) is 10.2 Å². The number of carbonyl (C=O) groups is 1. The van der Waals surface area contributed by atoms with Crippen LogP contribution in [0.4, 0.5) is 8.78 Å². The first kappa shape index (κ1) is 16.9. The number of benzene rings is 1. The average Bonchev–Trinajstić information content (AvgIpc) is 3.17. The Labute approximate surface area is 139 Å². The summed E-state index contributed by atoms with van der Waals surface area (Å²) in [6.45, 7) is 4.88. The van der Waals surface area contributed by atoms with Crippen LogP contribution in [0.2, 0.25) is 0 Å². The maximum Gasteiger partial charge on any atom is 0.315 e. The highest BCUT2D eigenvalue weighted by atomic mass is 19.3. The summed E-state index contributed by atoms with van der Waals surface area (Å²) in [7, 11) is 0. The van der Waals surface area contributed by atoms with Crippen molar-refractivity contribution in [3.8, 4) is 0 Å². The molecule has 1 aliphatic rings. The summed E-state index contributed by atoms with van der Waals surface area (Å²) < 4.78 is 30.4. The molecule has 0 bridgehead atoms. The number of hydrogen-bond donors (Lipinski definition) is 1. The van der Waals surface area contributed by atoms with Crippen LogP contribution in [0.3, 0.4) is 0 Å². The lowest BCUT2D eigenvalue weighted by Crippen LogP contribution is -2.34. The number of furan rings is 1. The van der Waals surface area contributed by atoms with Crippen LogP contribution in [0.15, 0.2) is 28.7 Å². The van der Waals surface area contributed by atoms with Crippen molar-refractivity contribution in [2.75, 3.05) is 19.6 Å². The molecule has 0 radical (unpaired) electrons. The molecule has 130 valence electrons. The fourth-order valence-electron chi connectivity index (χ4n) is 3.38. The van der Waals surface area contributed by atoms with E-state index in [0.717, 1.165) is 49.2 Å². The van der Waals surface area contributed by atoms with Gasteiger partial charge < -0.3 is 9.73 Å². The lowest BCUT2D eigenvalue weighted by molar-refractivity contribution is -0.131. The van der Waals surface area contributed by atoms with E-state index in [4.69, 9.17) is 4.42 Å². The van der Waals surface area contributed by atoms with E-state index in [2.05, 4.69) is 23.2 Å². The third kappa shape index (κ3) is 3.59. The van der Waals surface area contributed by atoms with Gasteiger partial charge in [0.2, 0.25) is 0 Å². The minimum atomic E-state index is -2.94. The smallest absolute Gasteiger partial charge is 0.315 e. The molecule has 1 aromatic heterocycles. The molecular weight excluding hydrogens is 314 g/mol. The number of halogens is 2. The second-order valence-corrected chi connectivity index (χ2v) is 6.29. The summed E-state index contributed by atoms with van der Waals surface area (Å²) in [4.78, 5) is 13.3. The van der Waals surface area contributed by atoms with Crippen LogP contribution in [-0.4, -0.2) is 36.9 Å². The van der Waals surface area contributed by atoms with Crippen molar-refractivity contribution < 1.29 is 18.0 Å². The van der Waals surface area contributed by atoms with Gasteiger partial charge in [-0.15, -0.1) is 0 Å². The van der Waals surface area contributed by atoms with E-state index in [1.807, 2.05) is 18.2 Å². The molecule has 1 fully saturated rings. The second-order valence-electron chi connectivity index (χ2n) is 6.29. The Bertz CT molecular complexity index is 714. The summed E-state index contributed by atoms with van der Waals surface area (Å²) in [5.74, 6) is 0.0455. The molecule has 1 saturated heterocycles. The number of hydrogen-bond acceptors (Lipinski definition) is 3. The molecule has 6 heteroatoms. The summed E-state index contributed by atoms with van der Waals surface area (Å²) in [5.41, 5.74) is 2.12. The van der Waals surface area contributed by atoms with Gasteiger partial charge in [0.05, 0.1) is 0 Å². The van der Waals surface area contributed by atoms with Crippen LogP contribution in [0.25, 0.3) is 11.0 Å². The highest BCUT2D eigenvalue weighted by molar-refractivity contribution is 5.82. The first-order chi connectivity index (χ1) is 11.6. The molecule has 2 heterocycles. The monoisotopic (exact) mass is 336 g/mol. The second kappa shape index (κ2) is 7.30. The minimum absolute atomic E-state index is 0.218. The molecule has 0 spiro atoms. The Balaban J connectivity index is 1.62. The normalized spacial score (nSPS) is 18.6. The maximum atomic E-state index is 12.2. The standard InChI is InChI=1S/C18H22F2N2O2/c1-2-15-14(13-5-3-4-6-16(13)24-15)11-22-8-7-12(10-22)9-21-18(23)17(19)20/h3-6,12,17H,2,7-11H2,1H3,(H,21,23)/t12-/m1/s1. The molecule has 2 aromatic rings. The van der Waals surface area contributed by atoms with Gasteiger partial charge in [0.1, 0.15) is 11.3 Å². The average molecular weight is 336 g/mol. The van der Waals surface area contributed by atoms with Crippen LogP contribution < -0.4 is 5.32 Å². The molecule has 24 heavy (non-hydrogen) atoms. The zero-order chi connectivity index (χ0) is 17.1. The predicted octanol–water partition coefficient (Wildman–Crippen LogP) is 3.20. The number of likely N-dealkylation sites (tertiary alicyclic amines) is 1. The van der Waals surface area contributed by atoms with Gasteiger partial charge in [0.15, 0.2) is 0 Å².